The minimum absolute atomic E-state index is 0.0403. The number of carbonyl (C=O) groups excluding carboxylic acids is 1. The van der Waals surface area contributed by atoms with Crippen molar-refractivity contribution >= 4 is 34.1 Å². The summed E-state index contributed by atoms with van der Waals surface area (Å²) in [5, 5.41) is 7.02. The van der Waals surface area contributed by atoms with Crippen LogP contribution in [-0.4, -0.2) is 22.7 Å². The Morgan fingerprint density at radius 3 is 3.14 bits per heavy atom. The van der Waals surface area contributed by atoms with Crippen molar-refractivity contribution in [2.24, 2.45) is 0 Å². The van der Waals surface area contributed by atoms with E-state index in [1.807, 2.05) is 12.1 Å². The van der Waals surface area contributed by atoms with Crippen LogP contribution in [0.3, 0.4) is 0 Å². The predicted molar refractivity (Wildman–Crippen MR) is 85.9 cm³/mol. The second-order valence-corrected chi connectivity index (χ2v) is 7.55. The van der Waals surface area contributed by atoms with Crippen LogP contribution in [0.4, 0.5) is 5.13 Å². The summed E-state index contributed by atoms with van der Waals surface area (Å²) in [6.45, 7) is 1.84. The van der Waals surface area contributed by atoms with E-state index in [-0.39, 0.29) is 11.2 Å². The van der Waals surface area contributed by atoms with Gasteiger partial charge in [-0.1, -0.05) is 18.2 Å². The fraction of sp³-hybridized carbons (Fsp3) is 0.333. The summed E-state index contributed by atoms with van der Waals surface area (Å²) in [7, 11) is 0. The molecule has 3 heterocycles. The number of nitrogens with zero attached hydrogens (tertiary/aromatic N) is 1. The third-order valence-corrected chi connectivity index (χ3v) is 6.10. The van der Waals surface area contributed by atoms with Gasteiger partial charge in [0.25, 0.3) is 0 Å². The maximum atomic E-state index is 12.4. The molecule has 0 bridgehead atoms. The molecule has 21 heavy (non-hydrogen) atoms. The van der Waals surface area contributed by atoms with Gasteiger partial charge < -0.3 is 10.6 Å². The predicted octanol–water partition coefficient (Wildman–Crippen LogP) is 2.44. The topological polar surface area (TPSA) is 54.0 Å². The number of rotatable bonds is 2. The quantitative estimate of drug-likeness (QED) is 0.893. The van der Waals surface area contributed by atoms with E-state index in [9.17, 15) is 4.79 Å². The highest BCUT2D eigenvalue weighted by Crippen LogP contribution is 2.37. The largest absolute Gasteiger partial charge is 0.311 e. The van der Waals surface area contributed by atoms with Crippen LogP contribution in [0.2, 0.25) is 0 Å². The highest BCUT2D eigenvalue weighted by molar-refractivity contribution is 8.01. The standard InChI is InChI=1S/C15H15N3OS2/c19-14(12-7-9-3-1-2-4-11(9)20-12)18-15-17-10-5-6-16-8-13(10)21-15/h1-4,12,16H,5-8H2,(H,17,18,19). The molecule has 2 aliphatic heterocycles. The second kappa shape index (κ2) is 5.44. The first-order valence-electron chi connectivity index (χ1n) is 7.04. The Labute approximate surface area is 131 Å². The summed E-state index contributed by atoms with van der Waals surface area (Å²) < 4.78 is 0. The summed E-state index contributed by atoms with van der Waals surface area (Å²) in [6, 6.07) is 8.24. The molecule has 4 nitrogen and oxygen atoms in total. The van der Waals surface area contributed by atoms with Crippen molar-refractivity contribution in [3.05, 3.63) is 40.4 Å². The van der Waals surface area contributed by atoms with Crippen LogP contribution in [-0.2, 0) is 24.2 Å². The summed E-state index contributed by atoms with van der Waals surface area (Å²) in [5.41, 5.74) is 2.40. The van der Waals surface area contributed by atoms with Gasteiger partial charge in [-0.2, -0.15) is 0 Å². The molecule has 2 aromatic rings. The maximum Gasteiger partial charge on any atom is 0.239 e. The lowest BCUT2D eigenvalue weighted by molar-refractivity contribution is -0.115. The molecule has 0 fully saturated rings. The minimum atomic E-state index is -0.0403. The van der Waals surface area contributed by atoms with E-state index in [1.54, 1.807) is 23.1 Å². The molecular formula is C15H15N3OS2. The lowest BCUT2D eigenvalue weighted by Gasteiger charge is -2.09. The molecule has 0 saturated heterocycles. The number of aromatic nitrogens is 1. The van der Waals surface area contributed by atoms with Crippen LogP contribution in [0.15, 0.2) is 29.2 Å². The Bertz CT molecular complexity index is 649. The Balaban J connectivity index is 1.46. The lowest BCUT2D eigenvalue weighted by atomic mass is 10.1. The molecule has 1 unspecified atom stereocenters. The molecule has 0 aliphatic carbocycles. The summed E-state index contributed by atoms with van der Waals surface area (Å²) >= 11 is 3.24. The van der Waals surface area contributed by atoms with Gasteiger partial charge in [-0.15, -0.1) is 23.1 Å². The molecule has 1 aromatic carbocycles. The molecule has 2 aliphatic rings. The average Bonchev–Trinajstić information content (AvgIpc) is 3.10. The first-order chi connectivity index (χ1) is 10.3. The van der Waals surface area contributed by atoms with Crippen LogP contribution in [0.5, 0.6) is 0 Å². The highest BCUT2D eigenvalue weighted by atomic mass is 32.2. The van der Waals surface area contributed by atoms with Crippen LogP contribution in [0.1, 0.15) is 16.1 Å². The Morgan fingerprint density at radius 2 is 2.29 bits per heavy atom. The van der Waals surface area contributed by atoms with Crippen molar-refractivity contribution in [2.75, 3.05) is 11.9 Å². The van der Waals surface area contributed by atoms with Gasteiger partial charge in [0.15, 0.2) is 5.13 Å². The average molecular weight is 317 g/mol. The maximum absolute atomic E-state index is 12.4. The number of thioether (sulfide) groups is 1. The minimum Gasteiger partial charge on any atom is -0.311 e. The van der Waals surface area contributed by atoms with Crippen molar-refractivity contribution < 1.29 is 4.79 Å². The van der Waals surface area contributed by atoms with Gasteiger partial charge in [0.1, 0.15) is 0 Å². The van der Waals surface area contributed by atoms with E-state index < -0.39 is 0 Å². The van der Waals surface area contributed by atoms with E-state index in [0.717, 1.165) is 36.8 Å². The number of amides is 1. The molecule has 6 heteroatoms. The molecule has 2 N–H and O–H groups in total. The van der Waals surface area contributed by atoms with Crippen molar-refractivity contribution in [2.45, 2.75) is 29.5 Å². The lowest BCUT2D eigenvalue weighted by Crippen LogP contribution is -2.24. The molecule has 1 atom stereocenters. The molecule has 1 aromatic heterocycles. The van der Waals surface area contributed by atoms with Crippen molar-refractivity contribution in [3.63, 3.8) is 0 Å². The number of benzene rings is 1. The third-order valence-electron chi connectivity index (χ3n) is 3.77. The zero-order chi connectivity index (χ0) is 14.2. The number of nitrogens with one attached hydrogen (secondary N) is 2. The normalized spacial score (nSPS) is 19.9. The molecular weight excluding hydrogens is 302 g/mol. The molecule has 4 rings (SSSR count). The summed E-state index contributed by atoms with van der Waals surface area (Å²) in [4.78, 5) is 19.4. The van der Waals surface area contributed by atoms with Crippen molar-refractivity contribution in [1.82, 2.24) is 10.3 Å². The molecule has 0 spiro atoms. The van der Waals surface area contributed by atoms with E-state index >= 15 is 0 Å². The Kier molecular flexibility index (Phi) is 3.45. The van der Waals surface area contributed by atoms with Gasteiger partial charge in [0, 0.05) is 29.3 Å². The first-order valence-corrected chi connectivity index (χ1v) is 8.74. The zero-order valence-corrected chi connectivity index (χ0v) is 13.0. The van der Waals surface area contributed by atoms with Crippen LogP contribution >= 0.6 is 23.1 Å². The third kappa shape index (κ3) is 2.59. The second-order valence-electron chi connectivity index (χ2n) is 5.22. The highest BCUT2D eigenvalue weighted by Gasteiger charge is 2.28. The smallest absolute Gasteiger partial charge is 0.239 e. The molecule has 1 amide bonds. The van der Waals surface area contributed by atoms with E-state index in [2.05, 4.69) is 27.8 Å². The van der Waals surface area contributed by atoms with Gasteiger partial charge in [-0.3, -0.25) is 4.79 Å². The SMILES string of the molecule is O=C(Nc1nc2c(s1)CNCC2)C1Cc2ccccc2S1. The monoisotopic (exact) mass is 317 g/mol. The van der Waals surface area contributed by atoms with Gasteiger partial charge in [-0.05, 0) is 18.1 Å². The van der Waals surface area contributed by atoms with Crippen molar-refractivity contribution in [1.29, 1.82) is 0 Å². The van der Waals surface area contributed by atoms with Gasteiger partial charge in [0.05, 0.1) is 10.9 Å². The Morgan fingerprint density at radius 1 is 1.38 bits per heavy atom. The zero-order valence-electron chi connectivity index (χ0n) is 11.4. The number of hydrogen-bond acceptors (Lipinski definition) is 5. The van der Waals surface area contributed by atoms with Crippen LogP contribution < -0.4 is 10.6 Å². The number of carbonyl (C=O) groups is 1. The van der Waals surface area contributed by atoms with Gasteiger partial charge >= 0.3 is 0 Å². The Hall–Kier alpha value is -1.37. The fourth-order valence-electron chi connectivity index (χ4n) is 2.69. The van der Waals surface area contributed by atoms with E-state index in [4.69, 9.17) is 0 Å². The van der Waals surface area contributed by atoms with E-state index in [0.29, 0.717) is 0 Å². The van der Waals surface area contributed by atoms with Gasteiger partial charge in [0.2, 0.25) is 5.91 Å². The molecule has 108 valence electrons. The van der Waals surface area contributed by atoms with Crippen molar-refractivity contribution in [3.8, 4) is 0 Å². The number of fused-ring (bicyclic) bond motifs is 2. The number of hydrogen-bond donors (Lipinski definition) is 2. The first kappa shape index (κ1) is 13.3. The summed E-state index contributed by atoms with van der Waals surface area (Å²) in [5.74, 6) is 0.0651. The number of anilines is 1. The fourth-order valence-corrected chi connectivity index (χ4v) is 4.87. The molecule has 0 saturated carbocycles. The van der Waals surface area contributed by atoms with Gasteiger partial charge in [-0.25, -0.2) is 4.98 Å². The van der Waals surface area contributed by atoms with Crippen LogP contribution in [0, 0.1) is 0 Å². The van der Waals surface area contributed by atoms with E-state index in [1.165, 1.54) is 15.3 Å². The molecule has 0 radical (unpaired) electrons. The number of thiazole rings is 1. The summed E-state index contributed by atoms with van der Waals surface area (Å²) in [6.07, 6.45) is 1.75. The van der Waals surface area contributed by atoms with Crippen LogP contribution in [0.25, 0.3) is 0 Å².